The SMILES string of the molecule is Cc1cccc(F)c1NC(C)C1CCN(C)CC1. The molecule has 0 aromatic heterocycles. The monoisotopic (exact) mass is 250 g/mol. The lowest BCUT2D eigenvalue weighted by Gasteiger charge is -2.33. The van der Waals surface area contributed by atoms with Crippen molar-refractivity contribution < 1.29 is 4.39 Å². The number of aryl methyl sites for hydroxylation is 1. The Bertz CT molecular complexity index is 377. The normalized spacial score (nSPS) is 19.8. The van der Waals surface area contributed by atoms with Crippen LogP contribution in [0.15, 0.2) is 18.2 Å². The minimum atomic E-state index is -0.144. The Kier molecular flexibility index (Phi) is 4.23. The Hall–Kier alpha value is -1.09. The number of piperidine rings is 1. The van der Waals surface area contributed by atoms with Gasteiger partial charge < -0.3 is 10.2 Å². The van der Waals surface area contributed by atoms with Gasteiger partial charge >= 0.3 is 0 Å². The van der Waals surface area contributed by atoms with E-state index >= 15 is 0 Å². The number of para-hydroxylation sites is 1. The predicted molar refractivity (Wildman–Crippen MR) is 74.4 cm³/mol. The Morgan fingerprint density at radius 3 is 2.61 bits per heavy atom. The van der Waals surface area contributed by atoms with E-state index in [9.17, 15) is 4.39 Å². The van der Waals surface area contributed by atoms with Crippen molar-refractivity contribution in [1.29, 1.82) is 0 Å². The summed E-state index contributed by atoms with van der Waals surface area (Å²) in [6.45, 7) is 6.41. The summed E-state index contributed by atoms with van der Waals surface area (Å²) >= 11 is 0. The summed E-state index contributed by atoms with van der Waals surface area (Å²) < 4.78 is 13.8. The summed E-state index contributed by atoms with van der Waals surface area (Å²) in [5.41, 5.74) is 1.65. The number of anilines is 1. The van der Waals surface area contributed by atoms with Crippen LogP contribution in [-0.2, 0) is 0 Å². The summed E-state index contributed by atoms with van der Waals surface area (Å²) in [6.07, 6.45) is 2.39. The van der Waals surface area contributed by atoms with Crippen LogP contribution in [0.5, 0.6) is 0 Å². The van der Waals surface area contributed by atoms with Gasteiger partial charge in [-0.05, 0) is 64.4 Å². The molecule has 1 aliphatic heterocycles. The van der Waals surface area contributed by atoms with Gasteiger partial charge in [0.15, 0.2) is 0 Å². The fourth-order valence-corrected chi connectivity index (χ4v) is 2.69. The van der Waals surface area contributed by atoms with Crippen LogP contribution >= 0.6 is 0 Å². The highest BCUT2D eigenvalue weighted by atomic mass is 19.1. The molecular weight excluding hydrogens is 227 g/mol. The zero-order valence-corrected chi connectivity index (χ0v) is 11.5. The third-order valence-electron chi connectivity index (χ3n) is 4.06. The Balaban J connectivity index is 2.00. The molecule has 0 amide bonds. The maximum atomic E-state index is 13.8. The Morgan fingerprint density at radius 1 is 1.33 bits per heavy atom. The van der Waals surface area contributed by atoms with Crippen LogP contribution in [0.25, 0.3) is 0 Å². The molecule has 18 heavy (non-hydrogen) atoms. The third kappa shape index (κ3) is 3.02. The highest BCUT2D eigenvalue weighted by molar-refractivity contribution is 5.52. The number of nitrogens with one attached hydrogen (secondary N) is 1. The molecule has 1 heterocycles. The van der Waals surface area contributed by atoms with E-state index in [-0.39, 0.29) is 5.82 Å². The second-order valence-corrected chi connectivity index (χ2v) is 5.51. The molecule has 1 atom stereocenters. The van der Waals surface area contributed by atoms with E-state index in [0.717, 1.165) is 18.7 Å². The Labute approximate surface area is 109 Å². The maximum Gasteiger partial charge on any atom is 0.146 e. The number of halogens is 1. The minimum Gasteiger partial charge on any atom is -0.380 e. The molecular formula is C15H23FN2. The highest BCUT2D eigenvalue weighted by Crippen LogP contribution is 2.25. The average Bonchev–Trinajstić information content (AvgIpc) is 2.34. The van der Waals surface area contributed by atoms with Gasteiger partial charge in [0.2, 0.25) is 0 Å². The molecule has 0 bridgehead atoms. The van der Waals surface area contributed by atoms with Gasteiger partial charge in [0.05, 0.1) is 5.69 Å². The lowest BCUT2D eigenvalue weighted by molar-refractivity contribution is 0.208. The van der Waals surface area contributed by atoms with Gasteiger partial charge in [-0.3, -0.25) is 0 Å². The third-order valence-corrected chi connectivity index (χ3v) is 4.06. The van der Waals surface area contributed by atoms with Crippen molar-refractivity contribution in [2.24, 2.45) is 5.92 Å². The Morgan fingerprint density at radius 2 is 2.00 bits per heavy atom. The lowest BCUT2D eigenvalue weighted by Crippen LogP contribution is -2.37. The first-order valence-corrected chi connectivity index (χ1v) is 6.78. The van der Waals surface area contributed by atoms with Gasteiger partial charge in [0.25, 0.3) is 0 Å². The van der Waals surface area contributed by atoms with Crippen LogP contribution in [0.3, 0.4) is 0 Å². The molecule has 1 N–H and O–H groups in total. The molecule has 1 unspecified atom stereocenters. The van der Waals surface area contributed by atoms with E-state index in [1.807, 2.05) is 13.0 Å². The van der Waals surface area contributed by atoms with E-state index in [0.29, 0.717) is 17.6 Å². The summed E-state index contributed by atoms with van der Waals surface area (Å²) in [7, 11) is 2.16. The van der Waals surface area contributed by atoms with Gasteiger partial charge in [-0.2, -0.15) is 0 Å². The minimum absolute atomic E-state index is 0.144. The lowest BCUT2D eigenvalue weighted by atomic mass is 9.90. The van der Waals surface area contributed by atoms with E-state index in [1.165, 1.54) is 18.9 Å². The molecule has 100 valence electrons. The quantitative estimate of drug-likeness (QED) is 0.885. The largest absolute Gasteiger partial charge is 0.380 e. The number of benzene rings is 1. The van der Waals surface area contributed by atoms with Crippen LogP contribution in [-0.4, -0.2) is 31.1 Å². The van der Waals surface area contributed by atoms with Crippen molar-refractivity contribution in [3.05, 3.63) is 29.6 Å². The van der Waals surface area contributed by atoms with Crippen molar-refractivity contribution in [1.82, 2.24) is 4.90 Å². The molecule has 1 fully saturated rings. The van der Waals surface area contributed by atoms with Crippen LogP contribution in [0.2, 0.25) is 0 Å². The predicted octanol–water partition coefficient (Wildman–Crippen LogP) is 3.28. The smallest absolute Gasteiger partial charge is 0.146 e. The number of nitrogens with zero attached hydrogens (tertiary/aromatic N) is 1. The molecule has 1 saturated heterocycles. The molecule has 0 spiro atoms. The molecule has 1 aliphatic rings. The van der Waals surface area contributed by atoms with E-state index in [1.54, 1.807) is 6.07 Å². The van der Waals surface area contributed by atoms with Crippen molar-refractivity contribution in [3.63, 3.8) is 0 Å². The number of rotatable bonds is 3. The van der Waals surface area contributed by atoms with Gasteiger partial charge in [-0.15, -0.1) is 0 Å². The second kappa shape index (κ2) is 5.70. The zero-order chi connectivity index (χ0) is 13.1. The fourth-order valence-electron chi connectivity index (χ4n) is 2.69. The maximum absolute atomic E-state index is 13.8. The van der Waals surface area contributed by atoms with Crippen molar-refractivity contribution in [2.75, 3.05) is 25.5 Å². The summed E-state index contributed by atoms with van der Waals surface area (Å²) in [5.74, 6) is 0.495. The van der Waals surface area contributed by atoms with E-state index < -0.39 is 0 Å². The molecule has 2 rings (SSSR count). The van der Waals surface area contributed by atoms with Gasteiger partial charge in [-0.1, -0.05) is 12.1 Å². The molecule has 0 radical (unpaired) electrons. The van der Waals surface area contributed by atoms with Crippen LogP contribution in [0.4, 0.5) is 10.1 Å². The summed E-state index contributed by atoms with van der Waals surface area (Å²) in [5, 5.41) is 3.37. The van der Waals surface area contributed by atoms with Crippen molar-refractivity contribution in [2.45, 2.75) is 32.7 Å². The standard InChI is InChI=1S/C15H23FN2/c1-11-5-4-6-14(16)15(11)17-12(2)13-7-9-18(3)10-8-13/h4-6,12-13,17H,7-10H2,1-3H3. The number of likely N-dealkylation sites (tertiary alicyclic amines) is 1. The molecule has 0 saturated carbocycles. The van der Waals surface area contributed by atoms with Crippen molar-refractivity contribution in [3.8, 4) is 0 Å². The molecule has 3 heteroatoms. The summed E-state index contributed by atoms with van der Waals surface area (Å²) in [6, 6.07) is 5.56. The second-order valence-electron chi connectivity index (χ2n) is 5.51. The molecule has 2 nitrogen and oxygen atoms in total. The molecule has 0 aliphatic carbocycles. The first-order valence-electron chi connectivity index (χ1n) is 6.78. The van der Waals surface area contributed by atoms with Gasteiger partial charge in [0.1, 0.15) is 5.82 Å². The average molecular weight is 250 g/mol. The topological polar surface area (TPSA) is 15.3 Å². The number of hydrogen-bond donors (Lipinski definition) is 1. The van der Waals surface area contributed by atoms with Gasteiger partial charge in [-0.25, -0.2) is 4.39 Å². The molecule has 1 aromatic carbocycles. The van der Waals surface area contributed by atoms with Crippen LogP contribution < -0.4 is 5.32 Å². The van der Waals surface area contributed by atoms with Crippen LogP contribution in [0.1, 0.15) is 25.3 Å². The fraction of sp³-hybridized carbons (Fsp3) is 0.600. The molecule has 1 aromatic rings. The first-order chi connectivity index (χ1) is 8.58. The van der Waals surface area contributed by atoms with E-state index in [2.05, 4.69) is 24.2 Å². The van der Waals surface area contributed by atoms with Gasteiger partial charge in [0, 0.05) is 6.04 Å². The van der Waals surface area contributed by atoms with Crippen molar-refractivity contribution >= 4 is 5.69 Å². The summed E-state index contributed by atoms with van der Waals surface area (Å²) in [4.78, 5) is 2.36. The zero-order valence-electron chi connectivity index (χ0n) is 11.5. The highest BCUT2D eigenvalue weighted by Gasteiger charge is 2.23. The van der Waals surface area contributed by atoms with Crippen LogP contribution in [0, 0.1) is 18.7 Å². The van der Waals surface area contributed by atoms with E-state index in [4.69, 9.17) is 0 Å². The first kappa shape index (κ1) is 13.3. The number of hydrogen-bond acceptors (Lipinski definition) is 2.